The standard InChI is InChI=1S/C19H28N2O3/c1-14-7-9-15(10-8-14)12-20-17(22)16-6-5-11-21(13-16)18(23)24-19(2,3)4/h7-10,16H,5-6,11-13H2,1-4H3,(H,20,22). The molecule has 132 valence electrons. The number of nitrogens with one attached hydrogen (secondary N) is 1. The molecular formula is C19H28N2O3. The lowest BCUT2D eigenvalue weighted by Crippen LogP contribution is -2.46. The Labute approximate surface area is 144 Å². The van der Waals surface area contributed by atoms with E-state index in [1.165, 1.54) is 5.56 Å². The van der Waals surface area contributed by atoms with Gasteiger partial charge in [0.05, 0.1) is 5.92 Å². The molecule has 24 heavy (non-hydrogen) atoms. The van der Waals surface area contributed by atoms with Crippen LogP contribution in [-0.4, -0.2) is 35.6 Å². The highest BCUT2D eigenvalue weighted by Crippen LogP contribution is 2.19. The lowest BCUT2D eigenvalue weighted by Gasteiger charge is -2.33. The van der Waals surface area contributed by atoms with Crippen LogP contribution >= 0.6 is 0 Å². The molecule has 1 aromatic rings. The van der Waals surface area contributed by atoms with Gasteiger partial charge in [-0.1, -0.05) is 29.8 Å². The predicted octanol–water partition coefficient (Wildman–Crippen LogP) is 3.26. The number of likely N-dealkylation sites (tertiary alicyclic amines) is 1. The molecule has 0 radical (unpaired) electrons. The number of amides is 2. The van der Waals surface area contributed by atoms with Gasteiger partial charge in [0.25, 0.3) is 0 Å². The van der Waals surface area contributed by atoms with Crippen LogP contribution in [0.2, 0.25) is 0 Å². The number of carbonyl (C=O) groups excluding carboxylic acids is 2. The van der Waals surface area contributed by atoms with E-state index in [2.05, 4.69) is 5.32 Å². The summed E-state index contributed by atoms with van der Waals surface area (Å²) in [5, 5.41) is 2.98. The van der Waals surface area contributed by atoms with Crippen molar-refractivity contribution in [3.8, 4) is 0 Å². The fourth-order valence-electron chi connectivity index (χ4n) is 2.72. The first kappa shape index (κ1) is 18.3. The van der Waals surface area contributed by atoms with Gasteiger partial charge in [0.1, 0.15) is 5.60 Å². The van der Waals surface area contributed by atoms with E-state index in [4.69, 9.17) is 4.74 Å². The largest absolute Gasteiger partial charge is 0.444 e. The maximum absolute atomic E-state index is 12.4. The number of carbonyl (C=O) groups is 2. The lowest BCUT2D eigenvalue weighted by atomic mass is 9.97. The molecule has 5 heteroatoms. The van der Waals surface area contributed by atoms with Crippen molar-refractivity contribution < 1.29 is 14.3 Å². The van der Waals surface area contributed by atoms with Crippen molar-refractivity contribution in [3.63, 3.8) is 0 Å². The first-order chi connectivity index (χ1) is 11.2. The molecule has 2 amide bonds. The van der Waals surface area contributed by atoms with Gasteiger partial charge in [0.15, 0.2) is 0 Å². The molecule has 0 aliphatic carbocycles. The summed E-state index contributed by atoms with van der Waals surface area (Å²) in [7, 11) is 0. The summed E-state index contributed by atoms with van der Waals surface area (Å²) in [5.41, 5.74) is 1.76. The van der Waals surface area contributed by atoms with Crippen LogP contribution in [0, 0.1) is 12.8 Å². The van der Waals surface area contributed by atoms with Gasteiger partial charge in [0.2, 0.25) is 5.91 Å². The molecule has 2 rings (SSSR count). The fourth-order valence-corrected chi connectivity index (χ4v) is 2.72. The van der Waals surface area contributed by atoms with E-state index in [-0.39, 0.29) is 17.9 Å². The van der Waals surface area contributed by atoms with Crippen molar-refractivity contribution in [2.75, 3.05) is 13.1 Å². The van der Waals surface area contributed by atoms with E-state index in [0.717, 1.165) is 18.4 Å². The van der Waals surface area contributed by atoms with E-state index in [0.29, 0.717) is 19.6 Å². The second-order valence-corrected chi connectivity index (χ2v) is 7.47. The minimum Gasteiger partial charge on any atom is -0.444 e. The molecule has 1 unspecified atom stereocenters. The van der Waals surface area contributed by atoms with Crippen LogP contribution in [0.1, 0.15) is 44.7 Å². The summed E-state index contributed by atoms with van der Waals surface area (Å²) in [4.78, 5) is 26.2. The summed E-state index contributed by atoms with van der Waals surface area (Å²) in [6, 6.07) is 8.10. The van der Waals surface area contributed by atoms with Crippen LogP contribution in [0.3, 0.4) is 0 Å². The molecule has 0 spiro atoms. The molecule has 0 saturated carbocycles. The third-order valence-corrected chi connectivity index (χ3v) is 4.03. The summed E-state index contributed by atoms with van der Waals surface area (Å²) >= 11 is 0. The van der Waals surface area contributed by atoms with E-state index < -0.39 is 5.60 Å². The summed E-state index contributed by atoms with van der Waals surface area (Å²) in [6.45, 7) is 9.17. The van der Waals surface area contributed by atoms with Crippen molar-refractivity contribution >= 4 is 12.0 Å². The fraction of sp³-hybridized carbons (Fsp3) is 0.579. The van der Waals surface area contributed by atoms with Crippen molar-refractivity contribution in [2.24, 2.45) is 5.92 Å². The van der Waals surface area contributed by atoms with E-state index >= 15 is 0 Å². The Morgan fingerprint density at radius 2 is 1.92 bits per heavy atom. The van der Waals surface area contributed by atoms with Gasteiger partial charge < -0.3 is 15.0 Å². The van der Waals surface area contributed by atoms with Crippen LogP contribution in [0.25, 0.3) is 0 Å². The van der Waals surface area contributed by atoms with Crippen molar-refractivity contribution in [3.05, 3.63) is 35.4 Å². The van der Waals surface area contributed by atoms with Crippen LogP contribution < -0.4 is 5.32 Å². The number of nitrogens with zero attached hydrogens (tertiary/aromatic N) is 1. The van der Waals surface area contributed by atoms with Crippen molar-refractivity contribution in [1.82, 2.24) is 10.2 Å². The molecule has 1 heterocycles. The van der Waals surface area contributed by atoms with Crippen LogP contribution in [-0.2, 0) is 16.1 Å². The van der Waals surface area contributed by atoms with Gasteiger partial charge in [-0.25, -0.2) is 4.79 Å². The zero-order valence-corrected chi connectivity index (χ0v) is 15.1. The van der Waals surface area contributed by atoms with Gasteiger partial charge in [-0.05, 0) is 46.1 Å². The zero-order valence-electron chi connectivity index (χ0n) is 15.1. The van der Waals surface area contributed by atoms with E-state index in [9.17, 15) is 9.59 Å². The molecule has 1 fully saturated rings. The van der Waals surface area contributed by atoms with Gasteiger partial charge in [-0.3, -0.25) is 4.79 Å². The van der Waals surface area contributed by atoms with Crippen molar-refractivity contribution in [1.29, 1.82) is 0 Å². The number of aryl methyl sites for hydroxylation is 1. The van der Waals surface area contributed by atoms with Gasteiger partial charge >= 0.3 is 6.09 Å². The monoisotopic (exact) mass is 332 g/mol. The molecule has 1 aromatic carbocycles. The van der Waals surface area contributed by atoms with Gasteiger partial charge in [-0.15, -0.1) is 0 Å². The van der Waals surface area contributed by atoms with Crippen LogP contribution in [0.4, 0.5) is 4.79 Å². The normalized spacial score (nSPS) is 18.2. The molecule has 1 saturated heterocycles. The molecular weight excluding hydrogens is 304 g/mol. The van der Waals surface area contributed by atoms with Crippen molar-refractivity contribution in [2.45, 2.75) is 52.7 Å². The number of hydrogen-bond acceptors (Lipinski definition) is 3. The Bertz CT molecular complexity index is 575. The number of benzene rings is 1. The van der Waals surface area contributed by atoms with E-state index in [1.807, 2.05) is 52.0 Å². The lowest BCUT2D eigenvalue weighted by molar-refractivity contribution is -0.126. The highest BCUT2D eigenvalue weighted by molar-refractivity contribution is 5.80. The Hall–Kier alpha value is -2.04. The number of hydrogen-bond donors (Lipinski definition) is 1. The Morgan fingerprint density at radius 1 is 1.25 bits per heavy atom. The number of ether oxygens (including phenoxy) is 1. The average molecular weight is 332 g/mol. The first-order valence-electron chi connectivity index (χ1n) is 8.56. The van der Waals surface area contributed by atoms with Gasteiger partial charge in [-0.2, -0.15) is 0 Å². The first-order valence-corrected chi connectivity index (χ1v) is 8.56. The summed E-state index contributed by atoms with van der Waals surface area (Å²) in [6.07, 6.45) is 1.29. The summed E-state index contributed by atoms with van der Waals surface area (Å²) in [5.74, 6) is -0.166. The minimum absolute atomic E-state index is 0.00355. The predicted molar refractivity (Wildman–Crippen MR) is 93.6 cm³/mol. The zero-order chi connectivity index (χ0) is 17.7. The molecule has 1 atom stereocenters. The molecule has 1 aliphatic rings. The quantitative estimate of drug-likeness (QED) is 0.924. The maximum atomic E-state index is 12.4. The average Bonchev–Trinajstić information content (AvgIpc) is 2.52. The Kier molecular flexibility index (Phi) is 5.86. The Morgan fingerprint density at radius 3 is 2.54 bits per heavy atom. The van der Waals surface area contributed by atoms with E-state index in [1.54, 1.807) is 4.90 Å². The van der Waals surface area contributed by atoms with Crippen LogP contribution in [0.15, 0.2) is 24.3 Å². The molecule has 1 aliphatic heterocycles. The summed E-state index contributed by atoms with van der Waals surface area (Å²) < 4.78 is 5.40. The second kappa shape index (κ2) is 7.69. The minimum atomic E-state index is -0.516. The topological polar surface area (TPSA) is 58.6 Å². The molecule has 5 nitrogen and oxygen atoms in total. The third-order valence-electron chi connectivity index (χ3n) is 4.03. The molecule has 1 N–H and O–H groups in total. The smallest absolute Gasteiger partial charge is 0.410 e. The SMILES string of the molecule is Cc1ccc(CNC(=O)C2CCCN(C(=O)OC(C)(C)C)C2)cc1. The highest BCUT2D eigenvalue weighted by atomic mass is 16.6. The molecule has 0 aromatic heterocycles. The second-order valence-electron chi connectivity index (χ2n) is 7.47. The number of rotatable bonds is 3. The highest BCUT2D eigenvalue weighted by Gasteiger charge is 2.30. The third kappa shape index (κ3) is 5.55. The number of piperidine rings is 1. The molecule has 0 bridgehead atoms. The maximum Gasteiger partial charge on any atom is 0.410 e. The Balaban J connectivity index is 1.85. The van der Waals surface area contributed by atoms with Crippen LogP contribution in [0.5, 0.6) is 0 Å². The van der Waals surface area contributed by atoms with Gasteiger partial charge in [0, 0.05) is 19.6 Å².